The van der Waals surface area contributed by atoms with E-state index in [0.717, 1.165) is 5.56 Å². The van der Waals surface area contributed by atoms with E-state index in [2.05, 4.69) is 15.5 Å². The summed E-state index contributed by atoms with van der Waals surface area (Å²) in [6.45, 7) is 3.84. The molecule has 0 saturated heterocycles. The number of amides is 1. The average Bonchev–Trinajstić information content (AvgIpc) is 2.97. The first kappa shape index (κ1) is 15.0. The lowest BCUT2D eigenvalue weighted by atomic mass is 10.2. The summed E-state index contributed by atoms with van der Waals surface area (Å²) in [6, 6.07) is 11.2. The normalized spacial score (nSPS) is 11.0. The van der Waals surface area contributed by atoms with Crippen LogP contribution in [0.4, 0.5) is 0 Å². The molecule has 0 fully saturated rings. The molecule has 1 aromatic carbocycles. The second kappa shape index (κ2) is 6.08. The Labute approximate surface area is 134 Å². The van der Waals surface area contributed by atoms with Crippen LogP contribution in [0.3, 0.4) is 0 Å². The molecule has 0 aliphatic heterocycles. The van der Waals surface area contributed by atoms with Crippen molar-refractivity contribution in [3.63, 3.8) is 0 Å². The summed E-state index contributed by atoms with van der Waals surface area (Å²) in [7, 11) is 1.61. The first-order valence-corrected chi connectivity index (χ1v) is 7.40. The molecule has 1 N–H and O–H groups in total. The highest BCUT2D eigenvalue weighted by molar-refractivity contribution is 6.00. The monoisotopic (exact) mass is 310 g/mol. The van der Waals surface area contributed by atoms with Crippen molar-refractivity contribution in [3.05, 3.63) is 48.2 Å². The molecular formula is C17H18N4O2. The number of hydrogen-bond acceptors (Lipinski definition) is 4. The van der Waals surface area contributed by atoms with Crippen LogP contribution in [0.1, 0.15) is 24.2 Å². The molecule has 0 aliphatic carbocycles. The van der Waals surface area contributed by atoms with Crippen molar-refractivity contribution in [2.45, 2.75) is 19.9 Å². The van der Waals surface area contributed by atoms with E-state index in [1.807, 2.05) is 50.4 Å². The molecule has 0 bridgehead atoms. The van der Waals surface area contributed by atoms with E-state index in [1.54, 1.807) is 17.6 Å². The lowest BCUT2D eigenvalue weighted by Gasteiger charge is -2.09. The SMILES string of the molecule is COc1ccccc1-c1nnc2c(C(=O)NC(C)C)cccn12. The van der Waals surface area contributed by atoms with E-state index in [0.29, 0.717) is 22.8 Å². The Morgan fingerprint density at radius 3 is 2.70 bits per heavy atom. The number of methoxy groups -OCH3 is 1. The van der Waals surface area contributed by atoms with Crippen molar-refractivity contribution in [3.8, 4) is 17.1 Å². The highest BCUT2D eigenvalue weighted by atomic mass is 16.5. The predicted octanol–water partition coefficient (Wildman–Crippen LogP) is 2.54. The molecule has 0 radical (unpaired) electrons. The zero-order chi connectivity index (χ0) is 16.4. The van der Waals surface area contributed by atoms with Crippen LogP contribution >= 0.6 is 0 Å². The van der Waals surface area contributed by atoms with Crippen LogP contribution in [0.25, 0.3) is 17.0 Å². The Morgan fingerprint density at radius 2 is 1.96 bits per heavy atom. The molecule has 2 heterocycles. The van der Waals surface area contributed by atoms with Gasteiger partial charge in [0, 0.05) is 12.2 Å². The predicted molar refractivity (Wildman–Crippen MR) is 87.6 cm³/mol. The van der Waals surface area contributed by atoms with Gasteiger partial charge in [0.2, 0.25) is 0 Å². The zero-order valence-electron chi connectivity index (χ0n) is 13.3. The first-order chi connectivity index (χ1) is 11.1. The number of rotatable bonds is 4. The van der Waals surface area contributed by atoms with Crippen molar-refractivity contribution in [2.24, 2.45) is 0 Å². The Balaban J connectivity index is 2.14. The summed E-state index contributed by atoms with van der Waals surface area (Å²) in [5, 5.41) is 11.3. The Kier molecular flexibility index (Phi) is 3.97. The molecule has 23 heavy (non-hydrogen) atoms. The molecule has 0 unspecified atom stereocenters. The molecule has 6 nitrogen and oxygen atoms in total. The van der Waals surface area contributed by atoms with Gasteiger partial charge in [-0.25, -0.2) is 0 Å². The fourth-order valence-corrected chi connectivity index (χ4v) is 2.45. The Bertz CT molecular complexity index is 855. The quantitative estimate of drug-likeness (QED) is 0.804. The maximum absolute atomic E-state index is 12.3. The lowest BCUT2D eigenvalue weighted by molar-refractivity contribution is 0.0944. The molecule has 0 spiro atoms. The number of carbonyl (C=O) groups is 1. The van der Waals surface area contributed by atoms with Crippen LogP contribution in [0.2, 0.25) is 0 Å². The topological polar surface area (TPSA) is 68.5 Å². The summed E-state index contributed by atoms with van der Waals surface area (Å²) >= 11 is 0. The Morgan fingerprint density at radius 1 is 1.17 bits per heavy atom. The number of para-hydroxylation sites is 1. The van der Waals surface area contributed by atoms with Crippen molar-refractivity contribution < 1.29 is 9.53 Å². The van der Waals surface area contributed by atoms with Crippen LogP contribution in [-0.2, 0) is 0 Å². The summed E-state index contributed by atoms with van der Waals surface area (Å²) in [5.74, 6) is 1.18. The fourth-order valence-electron chi connectivity index (χ4n) is 2.45. The number of nitrogens with zero attached hydrogens (tertiary/aromatic N) is 3. The van der Waals surface area contributed by atoms with Crippen LogP contribution in [0.5, 0.6) is 5.75 Å². The summed E-state index contributed by atoms with van der Waals surface area (Å²) in [6.07, 6.45) is 1.84. The van der Waals surface area contributed by atoms with Gasteiger partial charge in [-0.1, -0.05) is 12.1 Å². The van der Waals surface area contributed by atoms with Gasteiger partial charge in [-0.2, -0.15) is 0 Å². The van der Waals surface area contributed by atoms with Crippen molar-refractivity contribution in [1.82, 2.24) is 19.9 Å². The minimum absolute atomic E-state index is 0.0550. The molecule has 0 aliphatic rings. The number of ether oxygens (including phenoxy) is 1. The second-order valence-electron chi connectivity index (χ2n) is 5.47. The number of nitrogens with one attached hydrogen (secondary N) is 1. The highest BCUT2D eigenvalue weighted by Crippen LogP contribution is 2.28. The summed E-state index contributed by atoms with van der Waals surface area (Å²) in [4.78, 5) is 12.3. The molecule has 1 amide bonds. The van der Waals surface area contributed by atoms with Gasteiger partial charge < -0.3 is 10.1 Å². The van der Waals surface area contributed by atoms with Crippen molar-refractivity contribution in [1.29, 1.82) is 0 Å². The fraction of sp³-hybridized carbons (Fsp3) is 0.235. The van der Waals surface area contributed by atoms with Gasteiger partial charge in [0.25, 0.3) is 5.91 Å². The molecule has 118 valence electrons. The number of benzene rings is 1. The number of carbonyl (C=O) groups excluding carboxylic acids is 1. The first-order valence-electron chi connectivity index (χ1n) is 7.40. The maximum Gasteiger partial charge on any atom is 0.255 e. The largest absolute Gasteiger partial charge is 0.496 e. The second-order valence-corrected chi connectivity index (χ2v) is 5.47. The molecule has 0 atom stereocenters. The van der Waals surface area contributed by atoms with Crippen LogP contribution in [-0.4, -0.2) is 33.7 Å². The summed E-state index contributed by atoms with van der Waals surface area (Å²) < 4.78 is 7.19. The van der Waals surface area contributed by atoms with Gasteiger partial charge in [0.1, 0.15) is 5.75 Å². The van der Waals surface area contributed by atoms with Crippen molar-refractivity contribution >= 4 is 11.6 Å². The van der Waals surface area contributed by atoms with Gasteiger partial charge in [0.05, 0.1) is 18.2 Å². The highest BCUT2D eigenvalue weighted by Gasteiger charge is 2.17. The minimum atomic E-state index is -0.162. The Hall–Kier alpha value is -2.89. The van der Waals surface area contributed by atoms with Crippen LogP contribution < -0.4 is 10.1 Å². The van der Waals surface area contributed by atoms with Gasteiger partial charge in [-0.15, -0.1) is 10.2 Å². The number of hydrogen-bond donors (Lipinski definition) is 1. The van der Waals surface area contributed by atoms with E-state index in [-0.39, 0.29) is 11.9 Å². The third kappa shape index (κ3) is 2.75. The van der Waals surface area contributed by atoms with Gasteiger partial charge in [0.15, 0.2) is 11.5 Å². The molecular weight excluding hydrogens is 292 g/mol. The van der Waals surface area contributed by atoms with Crippen LogP contribution in [0, 0.1) is 0 Å². The summed E-state index contributed by atoms with van der Waals surface area (Å²) in [5.41, 5.74) is 1.84. The third-order valence-corrected chi connectivity index (χ3v) is 3.45. The van der Waals surface area contributed by atoms with Gasteiger partial charge in [-0.05, 0) is 38.1 Å². The number of fused-ring (bicyclic) bond motifs is 1. The van der Waals surface area contributed by atoms with E-state index in [4.69, 9.17) is 4.74 Å². The molecule has 6 heteroatoms. The maximum atomic E-state index is 12.3. The standard InChI is InChI=1S/C17H18N4O2/c1-11(2)18-17(22)13-8-6-10-21-15(19-20-16(13)21)12-7-4-5-9-14(12)23-3/h4-11H,1-3H3,(H,18,22). The third-order valence-electron chi connectivity index (χ3n) is 3.45. The molecule has 0 saturated carbocycles. The average molecular weight is 310 g/mol. The lowest BCUT2D eigenvalue weighted by Crippen LogP contribution is -2.30. The van der Waals surface area contributed by atoms with E-state index < -0.39 is 0 Å². The van der Waals surface area contributed by atoms with Crippen molar-refractivity contribution in [2.75, 3.05) is 7.11 Å². The van der Waals surface area contributed by atoms with E-state index in [1.165, 1.54) is 0 Å². The van der Waals surface area contributed by atoms with Gasteiger partial charge >= 0.3 is 0 Å². The molecule has 3 rings (SSSR count). The van der Waals surface area contributed by atoms with E-state index in [9.17, 15) is 4.79 Å². The molecule has 2 aromatic heterocycles. The van der Waals surface area contributed by atoms with Crippen LogP contribution in [0.15, 0.2) is 42.6 Å². The molecule has 3 aromatic rings. The zero-order valence-corrected chi connectivity index (χ0v) is 13.3. The smallest absolute Gasteiger partial charge is 0.255 e. The number of aromatic nitrogens is 3. The minimum Gasteiger partial charge on any atom is -0.496 e. The van der Waals surface area contributed by atoms with Gasteiger partial charge in [-0.3, -0.25) is 9.20 Å². The van der Waals surface area contributed by atoms with E-state index >= 15 is 0 Å². The number of pyridine rings is 1.